The Morgan fingerprint density at radius 1 is 1.10 bits per heavy atom. The summed E-state index contributed by atoms with van der Waals surface area (Å²) in [5, 5.41) is 4.71. The lowest BCUT2D eigenvalue weighted by atomic mass is 10.1. The lowest BCUT2D eigenvalue weighted by molar-refractivity contribution is 0.256. The number of urea groups is 1. The number of nitrogens with zero attached hydrogens (tertiary/aromatic N) is 2. The standard InChI is InChI=1S/C16H15N3O/c1-10-8-13-15(19-16(20)18-13)14(11(10)2)17-9-12-6-4-3-5-7-12/h3-8,17H,9H2,1-2H3. The first-order chi connectivity index (χ1) is 9.65. The highest BCUT2D eigenvalue weighted by molar-refractivity contribution is 5.78. The Morgan fingerprint density at radius 2 is 1.85 bits per heavy atom. The Bertz CT molecular complexity index is 795. The third-order valence-corrected chi connectivity index (χ3v) is 3.53. The highest BCUT2D eigenvalue weighted by Crippen LogP contribution is 2.14. The molecule has 0 bridgehead atoms. The van der Waals surface area contributed by atoms with Crippen molar-refractivity contribution >= 4 is 11.7 Å². The van der Waals surface area contributed by atoms with Gasteiger partial charge in [0.1, 0.15) is 5.36 Å². The molecule has 3 rings (SSSR count). The van der Waals surface area contributed by atoms with Crippen molar-refractivity contribution in [3.05, 3.63) is 63.8 Å². The molecule has 0 saturated carbocycles. The molecule has 4 nitrogen and oxygen atoms in total. The number of hydrogen-bond donors (Lipinski definition) is 1. The van der Waals surface area contributed by atoms with E-state index >= 15 is 0 Å². The topological polar surface area (TPSA) is 53.8 Å². The first-order valence-corrected chi connectivity index (χ1v) is 6.54. The smallest absolute Gasteiger partial charge is 0.368 e. The summed E-state index contributed by atoms with van der Waals surface area (Å²) in [6.07, 6.45) is 0. The number of hydrogen-bond acceptors (Lipinski definition) is 2. The van der Waals surface area contributed by atoms with Gasteiger partial charge in [0.2, 0.25) is 0 Å². The average Bonchev–Trinajstić information content (AvgIpc) is 2.80. The highest BCUT2D eigenvalue weighted by Gasteiger charge is 2.13. The molecule has 0 saturated heterocycles. The molecule has 1 N–H and O–H groups in total. The molecule has 20 heavy (non-hydrogen) atoms. The molecule has 0 aromatic heterocycles. The van der Waals surface area contributed by atoms with Crippen LogP contribution in [0, 0.1) is 13.8 Å². The van der Waals surface area contributed by atoms with Crippen molar-refractivity contribution in [2.24, 2.45) is 9.98 Å². The van der Waals surface area contributed by atoms with E-state index in [1.54, 1.807) is 0 Å². The minimum absolute atomic E-state index is 0.423. The quantitative estimate of drug-likeness (QED) is 0.925. The molecular weight excluding hydrogens is 250 g/mol. The van der Waals surface area contributed by atoms with Crippen molar-refractivity contribution < 1.29 is 4.79 Å². The lowest BCUT2D eigenvalue weighted by Gasteiger charge is -2.11. The van der Waals surface area contributed by atoms with Crippen molar-refractivity contribution in [3.8, 4) is 0 Å². The van der Waals surface area contributed by atoms with Crippen molar-refractivity contribution in [1.82, 2.24) is 0 Å². The molecule has 4 heteroatoms. The summed E-state index contributed by atoms with van der Waals surface area (Å²) in [5.74, 6) is 0. The van der Waals surface area contributed by atoms with Gasteiger partial charge in [-0.05, 0) is 36.6 Å². The highest BCUT2D eigenvalue weighted by atomic mass is 16.2. The summed E-state index contributed by atoms with van der Waals surface area (Å²) in [7, 11) is 0. The van der Waals surface area contributed by atoms with Gasteiger partial charge >= 0.3 is 6.03 Å². The first kappa shape index (κ1) is 12.5. The van der Waals surface area contributed by atoms with Gasteiger partial charge < -0.3 is 5.32 Å². The van der Waals surface area contributed by atoms with Crippen LogP contribution in [0.3, 0.4) is 0 Å². The molecule has 0 aliphatic carbocycles. The van der Waals surface area contributed by atoms with E-state index in [4.69, 9.17) is 0 Å². The van der Waals surface area contributed by atoms with E-state index in [-0.39, 0.29) is 0 Å². The number of amides is 2. The molecular formula is C16H15N3O. The fraction of sp³-hybridized carbons (Fsp3) is 0.188. The van der Waals surface area contributed by atoms with Gasteiger partial charge in [0.25, 0.3) is 0 Å². The van der Waals surface area contributed by atoms with Crippen molar-refractivity contribution in [3.63, 3.8) is 0 Å². The Balaban J connectivity index is 2.01. The summed E-state index contributed by atoms with van der Waals surface area (Å²) in [5.41, 5.74) is 4.29. The number of aryl methyl sites for hydroxylation is 1. The maximum absolute atomic E-state index is 11.4. The Morgan fingerprint density at radius 3 is 2.60 bits per heavy atom. The third-order valence-electron chi connectivity index (χ3n) is 3.53. The van der Waals surface area contributed by atoms with E-state index < -0.39 is 6.03 Å². The van der Waals surface area contributed by atoms with Gasteiger partial charge in [-0.15, -0.1) is 0 Å². The van der Waals surface area contributed by atoms with Crippen molar-refractivity contribution in [2.75, 3.05) is 5.32 Å². The lowest BCUT2D eigenvalue weighted by Crippen LogP contribution is -2.27. The Labute approximate surface area is 116 Å². The van der Waals surface area contributed by atoms with E-state index in [9.17, 15) is 4.79 Å². The SMILES string of the molecule is Cc1cc2c(c(NCc3ccccc3)c1C)=NC(=O)N=2. The van der Waals surface area contributed by atoms with E-state index in [1.807, 2.05) is 38.1 Å². The van der Waals surface area contributed by atoms with Crippen molar-refractivity contribution in [1.29, 1.82) is 0 Å². The van der Waals surface area contributed by atoms with Crippen LogP contribution in [-0.4, -0.2) is 6.03 Å². The minimum Gasteiger partial charge on any atom is -0.379 e. The van der Waals surface area contributed by atoms with Crippen LogP contribution in [0.4, 0.5) is 10.5 Å². The van der Waals surface area contributed by atoms with Crippen molar-refractivity contribution in [2.45, 2.75) is 20.4 Å². The molecule has 0 fully saturated rings. The summed E-state index contributed by atoms with van der Waals surface area (Å²) in [4.78, 5) is 19.3. The monoisotopic (exact) mass is 265 g/mol. The molecule has 1 aliphatic rings. The van der Waals surface area contributed by atoms with Crippen LogP contribution in [0.2, 0.25) is 0 Å². The number of rotatable bonds is 3. The van der Waals surface area contributed by atoms with Crippen LogP contribution in [-0.2, 0) is 6.54 Å². The molecule has 0 radical (unpaired) electrons. The van der Waals surface area contributed by atoms with E-state index in [1.165, 1.54) is 5.56 Å². The van der Waals surface area contributed by atoms with E-state index in [2.05, 4.69) is 27.4 Å². The summed E-state index contributed by atoms with van der Waals surface area (Å²) in [6, 6.07) is 11.6. The average molecular weight is 265 g/mol. The van der Waals surface area contributed by atoms with E-state index in [0.29, 0.717) is 17.3 Å². The second-order valence-electron chi connectivity index (χ2n) is 4.91. The summed E-state index contributed by atoms with van der Waals surface area (Å²) < 4.78 is 0. The molecule has 1 aliphatic heterocycles. The zero-order valence-corrected chi connectivity index (χ0v) is 11.5. The number of fused-ring (bicyclic) bond motifs is 1. The van der Waals surface area contributed by atoms with Crippen LogP contribution in [0.15, 0.2) is 46.4 Å². The molecule has 0 atom stereocenters. The van der Waals surface area contributed by atoms with Crippen LogP contribution in [0.1, 0.15) is 16.7 Å². The molecule has 0 unspecified atom stereocenters. The number of anilines is 1. The van der Waals surface area contributed by atoms with Gasteiger partial charge in [-0.2, -0.15) is 9.98 Å². The Hall–Kier alpha value is -2.49. The minimum atomic E-state index is -0.423. The van der Waals surface area contributed by atoms with Crippen LogP contribution in [0.25, 0.3) is 0 Å². The number of carbonyl (C=O) groups is 1. The predicted molar refractivity (Wildman–Crippen MR) is 77.4 cm³/mol. The molecule has 2 amide bonds. The van der Waals surface area contributed by atoms with Crippen LogP contribution in [0.5, 0.6) is 0 Å². The number of carbonyl (C=O) groups excluding carboxylic acids is 1. The van der Waals surface area contributed by atoms with Gasteiger partial charge in [0.15, 0.2) is 0 Å². The normalized spacial score (nSPS) is 12.6. The fourth-order valence-corrected chi connectivity index (χ4v) is 2.31. The molecule has 100 valence electrons. The van der Waals surface area contributed by atoms with Crippen LogP contribution < -0.4 is 16.0 Å². The molecule has 0 spiro atoms. The largest absolute Gasteiger partial charge is 0.379 e. The first-order valence-electron chi connectivity index (χ1n) is 6.54. The second kappa shape index (κ2) is 4.89. The summed E-state index contributed by atoms with van der Waals surface area (Å²) >= 11 is 0. The number of benzene rings is 2. The summed E-state index contributed by atoms with van der Waals surface area (Å²) in [6.45, 7) is 4.74. The zero-order chi connectivity index (χ0) is 14.1. The number of nitrogens with one attached hydrogen (secondary N) is 1. The maximum Gasteiger partial charge on any atom is 0.368 e. The third kappa shape index (κ3) is 2.20. The Kier molecular flexibility index (Phi) is 3.06. The van der Waals surface area contributed by atoms with Crippen LogP contribution >= 0.6 is 0 Å². The van der Waals surface area contributed by atoms with E-state index in [0.717, 1.165) is 16.8 Å². The zero-order valence-electron chi connectivity index (χ0n) is 11.5. The van der Waals surface area contributed by atoms with Gasteiger partial charge in [0.05, 0.1) is 11.0 Å². The van der Waals surface area contributed by atoms with Gasteiger partial charge in [-0.3, -0.25) is 0 Å². The predicted octanol–water partition coefficient (Wildman–Crippen LogP) is 2.29. The maximum atomic E-state index is 11.4. The molecule has 2 aromatic rings. The second-order valence-corrected chi connectivity index (χ2v) is 4.91. The van der Waals surface area contributed by atoms with Gasteiger partial charge in [-0.1, -0.05) is 30.3 Å². The van der Waals surface area contributed by atoms with Gasteiger partial charge in [-0.25, -0.2) is 4.79 Å². The van der Waals surface area contributed by atoms with Gasteiger partial charge in [0, 0.05) is 6.54 Å². The molecule has 1 heterocycles. The molecule has 2 aromatic carbocycles. The fourth-order valence-electron chi connectivity index (χ4n) is 2.31.